The third-order valence-corrected chi connectivity index (χ3v) is 7.02. The Morgan fingerprint density at radius 2 is 1.46 bits per heavy atom. The minimum Gasteiger partial charge on any atom is -0.494 e. The lowest BCUT2D eigenvalue weighted by atomic mass is 9.96. The summed E-state index contributed by atoms with van der Waals surface area (Å²) in [6.45, 7) is 3.97. The summed E-state index contributed by atoms with van der Waals surface area (Å²) in [6, 6.07) is 19.9. The Balaban J connectivity index is 1.28. The molecule has 0 radical (unpaired) electrons. The average Bonchev–Trinajstić information content (AvgIpc) is 2.99. The molecule has 4 rings (SSSR count). The lowest BCUT2D eigenvalue weighted by molar-refractivity contribution is -0.143. The Kier molecular flexibility index (Phi) is 10.2. The van der Waals surface area contributed by atoms with Gasteiger partial charge in [-0.05, 0) is 86.2 Å². The van der Waals surface area contributed by atoms with Gasteiger partial charge in [0.25, 0.3) is 5.91 Å². The van der Waals surface area contributed by atoms with Gasteiger partial charge >= 0.3 is 11.9 Å². The molecule has 1 heterocycles. The van der Waals surface area contributed by atoms with E-state index >= 15 is 0 Å². The van der Waals surface area contributed by atoms with Crippen LogP contribution < -0.4 is 14.2 Å². The molecule has 9 nitrogen and oxygen atoms in total. The zero-order chi connectivity index (χ0) is 29.2. The van der Waals surface area contributed by atoms with E-state index in [0.717, 1.165) is 29.0 Å². The molecule has 3 aromatic carbocycles. The number of rotatable bonds is 13. The van der Waals surface area contributed by atoms with Gasteiger partial charge in [-0.1, -0.05) is 24.3 Å². The van der Waals surface area contributed by atoms with Crippen LogP contribution in [-0.2, 0) is 17.8 Å². The zero-order valence-corrected chi connectivity index (χ0v) is 23.1. The summed E-state index contributed by atoms with van der Waals surface area (Å²) in [5, 5.41) is 18.7. The molecule has 0 unspecified atom stereocenters. The van der Waals surface area contributed by atoms with Crippen LogP contribution >= 0.6 is 0 Å². The number of carbonyl (C=O) groups excluding carboxylic acids is 1. The highest BCUT2D eigenvalue weighted by Crippen LogP contribution is 2.26. The third-order valence-electron chi connectivity index (χ3n) is 7.02. The summed E-state index contributed by atoms with van der Waals surface area (Å²) in [5.41, 5.74) is 2.33. The largest absolute Gasteiger partial charge is 0.494 e. The molecular formula is C32H35NO8. The summed E-state index contributed by atoms with van der Waals surface area (Å²) in [5.74, 6) is -0.900. The summed E-state index contributed by atoms with van der Waals surface area (Å²) < 4.78 is 17.3. The van der Waals surface area contributed by atoms with Crippen molar-refractivity contribution in [3.8, 4) is 17.2 Å². The summed E-state index contributed by atoms with van der Waals surface area (Å²) in [7, 11) is 0. The highest BCUT2D eigenvalue weighted by molar-refractivity contribution is 6.00. The van der Waals surface area contributed by atoms with Crippen LogP contribution in [-0.4, -0.2) is 59.3 Å². The first-order chi connectivity index (χ1) is 19.8. The maximum Gasteiger partial charge on any atom is 0.335 e. The normalized spacial score (nSPS) is 13.4. The number of hydrogen-bond donors (Lipinski definition) is 2. The monoisotopic (exact) mass is 561 g/mol. The fraction of sp³-hybridized carbons (Fsp3) is 0.344. The van der Waals surface area contributed by atoms with Crippen LogP contribution in [0.15, 0.2) is 66.7 Å². The highest BCUT2D eigenvalue weighted by atomic mass is 16.5. The molecule has 1 saturated heterocycles. The van der Waals surface area contributed by atoms with E-state index in [-0.39, 0.29) is 17.0 Å². The smallest absolute Gasteiger partial charge is 0.335 e. The van der Waals surface area contributed by atoms with E-state index in [1.807, 2.05) is 55.5 Å². The van der Waals surface area contributed by atoms with Gasteiger partial charge in [0.2, 0.25) is 0 Å². The van der Waals surface area contributed by atoms with Gasteiger partial charge in [0, 0.05) is 13.1 Å². The Hall–Kier alpha value is -4.53. The molecule has 2 N–H and O–H groups in total. The van der Waals surface area contributed by atoms with Crippen LogP contribution in [0, 0.1) is 5.92 Å². The third kappa shape index (κ3) is 8.23. The van der Waals surface area contributed by atoms with Crippen LogP contribution in [0.3, 0.4) is 0 Å². The molecule has 0 bridgehead atoms. The number of aromatic carboxylic acids is 1. The van der Waals surface area contributed by atoms with Crippen molar-refractivity contribution in [3.63, 3.8) is 0 Å². The second kappa shape index (κ2) is 14.2. The quantitative estimate of drug-likeness (QED) is 0.269. The Morgan fingerprint density at radius 1 is 0.829 bits per heavy atom. The lowest BCUT2D eigenvalue weighted by Crippen LogP contribution is -2.40. The molecule has 1 fully saturated rings. The summed E-state index contributed by atoms with van der Waals surface area (Å²) >= 11 is 0. The van der Waals surface area contributed by atoms with E-state index in [2.05, 4.69) is 0 Å². The molecule has 41 heavy (non-hydrogen) atoms. The Labute approximate surface area is 239 Å². The number of piperidine rings is 1. The summed E-state index contributed by atoms with van der Waals surface area (Å²) in [6.07, 6.45) is 2.16. The van der Waals surface area contributed by atoms with Crippen molar-refractivity contribution in [2.45, 2.75) is 39.2 Å². The molecule has 1 amide bonds. The standard InChI is InChI=1S/C32H35NO8/c1-2-39-26-12-7-23(8-13-26)21-41-27-10-5-22(6-11-27)4-3-19-40-29-14-9-25(32(37)38)20-28(29)30(34)33-17-15-24(16-18-33)31(35)36/h5-14,20,24H,2-4,15-19,21H2,1H3,(H,35,36)(H,37,38). The Morgan fingerprint density at radius 3 is 2.07 bits per heavy atom. The zero-order valence-electron chi connectivity index (χ0n) is 23.1. The van der Waals surface area contributed by atoms with Gasteiger partial charge in [-0.25, -0.2) is 4.79 Å². The molecule has 0 aliphatic carbocycles. The molecule has 216 valence electrons. The van der Waals surface area contributed by atoms with Gasteiger partial charge in [-0.15, -0.1) is 0 Å². The van der Waals surface area contributed by atoms with Crippen molar-refractivity contribution < 1.29 is 38.8 Å². The maximum absolute atomic E-state index is 13.2. The number of benzene rings is 3. The van der Waals surface area contributed by atoms with Gasteiger partial charge in [0.1, 0.15) is 23.9 Å². The molecule has 1 aliphatic heterocycles. The first kappa shape index (κ1) is 29.5. The minimum atomic E-state index is -1.14. The van der Waals surface area contributed by atoms with E-state index in [1.165, 1.54) is 18.2 Å². The number of carboxylic acids is 2. The number of nitrogens with zero attached hydrogens (tertiary/aromatic N) is 1. The molecule has 0 aromatic heterocycles. The van der Waals surface area contributed by atoms with E-state index < -0.39 is 17.9 Å². The number of carbonyl (C=O) groups is 3. The minimum absolute atomic E-state index is 0.00838. The average molecular weight is 562 g/mol. The van der Waals surface area contributed by atoms with Crippen LogP contribution in [0.5, 0.6) is 17.2 Å². The Bertz CT molecular complexity index is 1330. The molecular weight excluding hydrogens is 526 g/mol. The van der Waals surface area contributed by atoms with E-state index in [0.29, 0.717) is 57.9 Å². The predicted octanol–water partition coefficient (Wildman–Crippen LogP) is 5.31. The van der Waals surface area contributed by atoms with Crippen LogP contribution in [0.4, 0.5) is 0 Å². The van der Waals surface area contributed by atoms with Gasteiger partial charge in [-0.2, -0.15) is 0 Å². The maximum atomic E-state index is 13.2. The van der Waals surface area contributed by atoms with Gasteiger partial charge in [0.05, 0.1) is 30.3 Å². The van der Waals surface area contributed by atoms with Crippen molar-refractivity contribution in [2.24, 2.45) is 5.92 Å². The van der Waals surface area contributed by atoms with Gasteiger partial charge in [-0.3, -0.25) is 9.59 Å². The lowest BCUT2D eigenvalue weighted by Gasteiger charge is -2.30. The highest BCUT2D eigenvalue weighted by Gasteiger charge is 2.29. The van der Waals surface area contributed by atoms with Gasteiger partial charge in [0.15, 0.2) is 0 Å². The molecule has 0 saturated carbocycles. The SMILES string of the molecule is CCOc1ccc(COc2ccc(CCCOc3ccc(C(=O)O)cc3C(=O)N3CCC(C(=O)O)CC3)cc2)cc1. The number of aliphatic carboxylic acids is 1. The number of aryl methyl sites for hydroxylation is 1. The fourth-order valence-corrected chi connectivity index (χ4v) is 4.68. The fourth-order valence-electron chi connectivity index (χ4n) is 4.68. The second-order valence-electron chi connectivity index (χ2n) is 9.88. The van der Waals surface area contributed by atoms with Crippen molar-refractivity contribution in [1.82, 2.24) is 4.90 Å². The number of ether oxygens (including phenoxy) is 3. The van der Waals surface area contributed by atoms with E-state index in [9.17, 15) is 24.6 Å². The van der Waals surface area contributed by atoms with Crippen LogP contribution in [0.2, 0.25) is 0 Å². The number of amides is 1. The van der Waals surface area contributed by atoms with Crippen molar-refractivity contribution >= 4 is 17.8 Å². The van der Waals surface area contributed by atoms with Crippen molar-refractivity contribution in [1.29, 1.82) is 0 Å². The molecule has 9 heteroatoms. The summed E-state index contributed by atoms with van der Waals surface area (Å²) in [4.78, 5) is 37.6. The first-order valence-electron chi connectivity index (χ1n) is 13.8. The number of hydrogen-bond acceptors (Lipinski definition) is 6. The predicted molar refractivity (Wildman–Crippen MR) is 152 cm³/mol. The topological polar surface area (TPSA) is 123 Å². The van der Waals surface area contributed by atoms with Gasteiger partial charge < -0.3 is 29.3 Å². The van der Waals surface area contributed by atoms with E-state index in [4.69, 9.17) is 14.2 Å². The molecule has 0 atom stereocenters. The van der Waals surface area contributed by atoms with Crippen LogP contribution in [0.25, 0.3) is 0 Å². The van der Waals surface area contributed by atoms with Crippen LogP contribution in [0.1, 0.15) is 58.0 Å². The number of likely N-dealkylation sites (tertiary alicyclic amines) is 1. The molecule has 0 spiro atoms. The molecule has 1 aliphatic rings. The van der Waals surface area contributed by atoms with Crippen molar-refractivity contribution in [3.05, 3.63) is 89.0 Å². The number of carboxylic acid groups (broad SMARTS) is 2. The molecule has 3 aromatic rings. The van der Waals surface area contributed by atoms with E-state index in [1.54, 1.807) is 4.90 Å². The van der Waals surface area contributed by atoms with Crippen molar-refractivity contribution in [2.75, 3.05) is 26.3 Å². The first-order valence-corrected chi connectivity index (χ1v) is 13.8. The second-order valence-corrected chi connectivity index (χ2v) is 9.88.